The maximum absolute atomic E-state index is 12.4. The van der Waals surface area contributed by atoms with Crippen molar-refractivity contribution in [2.75, 3.05) is 0 Å². The standard InChI is InChI=1S/C21H24BF3N2O5/c1-13-6-8-15(9-7-13)11-18(22(30)31)27-20(29)14(2)19(28)26-12-16-4-3-5-17(10-16)32-21(23,24)25/h3-10,14,18,30-31H,11-12H2,1-2H3,(H,26,28)(H,27,29)/t14-,18-/m0/s1. The van der Waals surface area contributed by atoms with Crippen LogP contribution in [-0.4, -0.2) is 41.3 Å². The topological polar surface area (TPSA) is 108 Å². The van der Waals surface area contributed by atoms with Crippen molar-refractivity contribution in [3.05, 3.63) is 65.2 Å². The van der Waals surface area contributed by atoms with Crippen molar-refractivity contribution in [3.63, 3.8) is 0 Å². The number of halogens is 3. The van der Waals surface area contributed by atoms with Gasteiger partial charge in [0.1, 0.15) is 11.7 Å². The van der Waals surface area contributed by atoms with Gasteiger partial charge in [0.05, 0.1) is 5.94 Å². The fourth-order valence-electron chi connectivity index (χ4n) is 2.83. The lowest BCUT2D eigenvalue weighted by Crippen LogP contribution is -2.51. The van der Waals surface area contributed by atoms with Crippen molar-refractivity contribution >= 4 is 18.9 Å². The Labute approximate surface area is 183 Å². The lowest BCUT2D eigenvalue weighted by molar-refractivity contribution is -0.274. The van der Waals surface area contributed by atoms with Crippen LogP contribution in [-0.2, 0) is 22.6 Å². The van der Waals surface area contributed by atoms with Gasteiger partial charge in [0, 0.05) is 6.54 Å². The highest BCUT2D eigenvalue weighted by molar-refractivity contribution is 6.43. The Hall–Kier alpha value is -3.05. The molecule has 0 aliphatic carbocycles. The average Bonchev–Trinajstić information content (AvgIpc) is 2.71. The van der Waals surface area contributed by atoms with E-state index in [-0.39, 0.29) is 13.0 Å². The molecule has 0 aliphatic heterocycles. The Kier molecular flexibility index (Phi) is 8.67. The van der Waals surface area contributed by atoms with Gasteiger partial charge in [-0.25, -0.2) is 0 Å². The Morgan fingerprint density at radius 3 is 2.31 bits per heavy atom. The molecule has 11 heteroatoms. The number of rotatable bonds is 9. The highest BCUT2D eigenvalue weighted by atomic mass is 19.4. The molecule has 0 spiro atoms. The van der Waals surface area contributed by atoms with Gasteiger partial charge in [-0.2, -0.15) is 0 Å². The van der Waals surface area contributed by atoms with Gasteiger partial charge >= 0.3 is 13.5 Å². The van der Waals surface area contributed by atoms with Gasteiger partial charge in [0.2, 0.25) is 11.8 Å². The molecule has 7 nitrogen and oxygen atoms in total. The van der Waals surface area contributed by atoms with Crippen LogP contribution >= 0.6 is 0 Å². The van der Waals surface area contributed by atoms with Gasteiger partial charge in [0.15, 0.2) is 0 Å². The number of ether oxygens (including phenoxy) is 1. The van der Waals surface area contributed by atoms with E-state index in [1.165, 1.54) is 19.1 Å². The van der Waals surface area contributed by atoms with Crippen LogP contribution in [0.25, 0.3) is 0 Å². The second-order valence-electron chi connectivity index (χ2n) is 7.35. The van der Waals surface area contributed by atoms with Crippen LogP contribution in [0.4, 0.5) is 13.2 Å². The number of carbonyl (C=O) groups excluding carboxylic acids is 2. The number of carbonyl (C=O) groups is 2. The van der Waals surface area contributed by atoms with Gasteiger partial charge in [0.25, 0.3) is 0 Å². The number of alkyl halides is 3. The van der Waals surface area contributed by atoms with E-state index in [9.17, 15) is 32.8 Å². The quantitative estimate of drug-likeness (QED) is 0.344. The van der Waals surface area contributed by atoms with Gasteiger partial charge in [-0.3, -0.25) is 9.59 Å². The molecule has 0 bridgehead atoms. The van der Waals surface area contributed by atoms with Crippen molar-refractivity contribution < 1.29 is 37.5 Å². The Balaban J connectivity index is 1.92. The van der Waals surface area contributed by atoms with E-state index in [1.54, 1.807) is 12.1 Å². The van der Waals surface area contributed by atoms with Gasteiger partial charge in [-0.15, -0.1) is 13.2 Å². The van der Waals surface area contributed by atoms with Crippen LogP contribution < -0.4 is 15.4 Å². The Bertz CT molecular complexity index is 922. The molecule has 2 amide bonds. The summed E-state index contributed by atoms with van der Waals surface area (Å²) in [5, 5.41) is 24.1. The summed E-state index contributed by atoms with van der Waals surface area (Å²) in [7, 11) is -1.84. The maximum atomic E-state index is 12.4. The number of benzene rings is 2. The highest BCUT2D eigenvalue weighted by Crippen LogP contribution is 2.23. The number of hydrogen-bond donors (Lipinski definition) is 4. The molecule has 0 heterocycles. The molecule has 0 fully saturated rings. The third kappa shape index (κ3) is 8.24. The number of amides is 2. The number of nitrogens with one attached hydrogen (secondary N) is 2. The summed E-state index contributed by atoms with van der Waals surface area (Å²) in [6.45, 7) is 3.12. The molecule has 32 heavy (non-hydrogen) atoms. The Morgan fingerprint density at radius 1 is 1.06 bits per heavy atom. The first-order chi connectivity index (χ1) is 14.9. The van der Waals surface area contributed by atoms with E-state index in [1.807, 2.05) is 19.1 Å². The lowest BCUT2D eigenvalue weighted by atomic mass is 9.75. The predicted octanol–water partition coefficient (Wildman–Crippen LogP) is 1.89. The maximum Gasteiger partial charge on any atom is 0.573 e. The molecule has 2 atom stereocenters. The van der Waals surface area contributed by atoms with Crippen LogP contribution in [0.15, 0.2) is 48.5 Å². The Morgan fingerprint density at radius 2 is 1.72 bits per heavy atom. The lowest BCUT2D eigenvalue weighted by Gasteiger charge is -2.20. The van der Waals surface area contributed by atoms with Crippen LogP contribution in [0, 0.1) is 12.8 Å². The first kappa shape index (κ1) is 25.2. The first-order valence-electron chi connectivity index (χ1n) is 9.79. The summed E-state index contributed by atoms with van der Waals surface area (Å²) >= 11 is 0. The summed E-state index contributed by atoms with van der Waals surface area (Å²) in [6.07, 6.45) is -4.69. The monoisotopic (exact) mass is 452 g/mol. The molecule has 0 saturated heterocycles. The van der Waals surface area contributed by atoms with Crippen molar-refractivity contribution in [2.45, 2.75) is 39.1 Å². The minimum absolute atomic E-state index is 0.124. The zero-order valence-corrected chi connectivity index (χ0v) is 17.5. The number of aryl methyl sites for hydroxylation is 1. The van der Waals surface area contributed by atoms with Crippen molar-refractivity contribution in [1.29, 1.82) is 0 Å². The molecule has 0 radical (unpaired) electrons. The van der Waals surface area contributed by atoms with E-state index in [2.05, 4.69) is 15.4 Å². The van der Waals surface area contributed by atoms with Crippen molar-refractivity contribution in [2.24, 2.45) is 5.92 Å². The van der Waals surface area contributed by atoms with Gasteiger partial charge in [-0.1, -0.05) is 42.0 Å². The zero-order valence-electron chi connectivity index (χ0n) is 17.5. The largest absolute Gasteiger partial charge is 0.573 e. The van der Waals surface area contributed by atoms with Crippen LogP contribution in [0.3, 0.4) is 0 Å². The van der Waals surface area contributed by atoms with Crippen molar-refractivity contribution in [3.8, 4) is 5.75 Å². The summed E-state index contributed by atoms with van der Waals surface area (Å²) in [5.74, 6) is -4.03. The fourth-order valence-corrected chi connectivity index (χ4v) is 2.83. The molecule has 4 N–H and O–H groups in total. The molecule has 2 rings (SSSR count). The molecular weight excluding hydrogens is 428 g/mol. The first-order valence-corrected chi connectivity index (χ1v) is 9.79. The summed E-state index contributed by atoms with van der Waals surface area (Å²) < 4.78 is 40.8. The van der Waals surface area contributed by atoms with E-state index < -0.39 is 42.9 Å². The summed E-state index contributed by atoms with van der Waals surface area (Å²) in [6, 6.07) is 12.4. The molecule has 0 unspecified atom stereocenters. The molecule has 0 saturated carbocycles. The fraction of sp³-hybridized carbons (Fsp3) is 0.333. The second-order valence-corrected chi connectivity index (χ2v) is 7.35. The molecule has 0 aliphatic rings. The third-order valence-corrected chi connectivity index (χ3v) is 4.65. The average molecular weight is 452 g/mol. The number of hydrogen-bond acceptors (Lipinski definition) is 5. The zero-order chi connectivity index (χ0) is 23.9. The SMILES string of the molecule is Cc1ccc(C[C@H](NC(=O)[C@@H](C)C(=O)NCc2cccc(OC(F)(F)F)c2)B(O)O)cc1. The van der Waals surface area contributed by atoms with Crippen molar-refractivity contribution in [1.82, 2.24) is 10.6 Å². The van der Waals surface area contributed by atoms with E-state index in [4.69, 9.17) is 0 Å². The molecule has 0 aromatic heterocycles. The summed E-state index contributed by atoms with van der Waals surface area (Å²) in [5.41, 5.74) is 2.14. The second kappa shape index (κ2) is 11.0. The van der Waals surface area contributed by atoms with Crippen LogP contribution in [0.5, 0.6) is 5.75 Å². The highest BCUT2D eigenvalue weighted by Gasteiger charge is 2.31. The normalized spacial score (nSPS) is 13.1. The minimum atomic E-state index is -4.83. The molecule has 172 valence electrons. The van der Waals surface area contributed by atoms with E-state index in [0.717, 1.165) is 23.3 Å². The van der Waals surface area contributed by atoms with E-state index in [0.29, 0.717) is 5.56 Å². The molecule has 2 aromatic carbocycles. The summed E-state index contributed by atoms with van der Waals surface area (Å²) in [4.78, 5) is 24.7. The van der Waals surface area contributed by atoms with Gasteiger partial charge < -0.3 is 25.4 Å². The van der Waals surface area contributed by atoms with Crippen LogP contribution in [0.1, 0.15) is 23.6 Å². The van der Waals surface area contributed by atoms with Crippen LogP contribution in [0.2, 0.25) is 0 Å². The van der Waals surface area contributed by atoms with E-state index >= 15 is 0 Å². The molecule has 2 aromatic rings. The van der Waals surface area contributed by atoms with Gasteiger partial charge in [-0.05, 0) is 43.5 Å². The smallest absolute Gasteiger partial charge is 0.426 e. The molecular formula is C21H24BF3N2O5. The predicted molar refractivity (Wildman–Crippen MR) is 111 cm³/mol. The minimum Gasteiger partial charge on any atom is -0.426 e. The third-order valence-electron chi connectivity index (χ3n) is 4.65.